The molecule has 7 heteroatoms. The van der Waals surface area contributed by atoms with Gasteiger partial charge in [0.1, 0.15) is 5.82 Å². The second kappa shape index (κ2) is 6.49. The Balaban J connectivity index is 1.80. The van der Waals surface area contributed by atoms with Gasteiger partial charge in [0.25, 0.3) is 5.91 Å². The van der Waals surface area contributed by atoms with Crippen LogP contribution in [0.25, 0.3) is 10.1 Å². The first-order valence-corrected chi connectivity index (χ1v) is 8.53. The van der Waals surface area contributed by atoms with Gasteiger partial charge >= 0.3 is 5.97 Å². The number of fused-ring (bicyclic) bond motifs is 1. The molecule has 1 fully saturated rings. The summed E-state index contributed by atoms with van der Waals surface area (Å²) >= 11 is 1.28. The van der Waals surface area contributed by atoms with Crippen LogP contribution in [0.3, 0.4) is 0 Å². The summed E-state index contributed by atoms with van der Waals surface area (Å²) in [5, 5.41) is 13.0. The van der Waals surface area contributed by atoms with Crippen molar-refractivity contribution >= 4 is 33.3 Å². The van der Waals surface area contributed by atoms with Crippen molar-refractivity contribution in [1.82, 2.24) is 5.32 Å². The lowest BCUT2D eigenvalue weighted by molar-refractivity contribution is -0.154. The van der Waals surface area contributed by atoms with Gasteiger partial charge < -0.3 is 15.2 Å². The Bertz CT molecular complexity index is 795. The first-order valence-electron chi connectivity index (χ1n) is 7.71. The standard InChI is InChI=1S/C17H18FNO4S/c1-10-12-8-11(18)2-3-13(12)24-14(10)15(20)19-9-17(16(21)22)4-6-23-7-5-17/h2-3,8H,4-7,9H2,1H3,(H,19,20)(H,21,22). The molecule has 0 radical (unpaired) electrons. The van der Waals surface area contributed by atoms with Crippen molar-refractivity contribution in [2.24, 2.45) is 5.41 Å². The summed E-state index contributed by atoms with van der Waals surface area (Å²) in [7, 11) is 0. The third-order valence-electron chi connectivity index (χ3n) is 4.60. The van der Waals surface area contributed by atoms with Crippen LogP contribution in [-0.4, -0.2) is 36.7 Å². The maximum Gasteiger partial charge on any atom is 0.311 e. The molecule has 1 amide bonds. The fourth-order valence-corrected chi connectivity index (χ4v) is 4.07. The van der Waals surface area contributed by atoms with Crippen LogP contribution in [0.2, 0.25) is 0 Å². The predicted octanol–water partition coefficient (Wildman–Crippen LogP) is 2.96. The first kappa shape index (κ1) is 16.9. The smallest absolute Gasteiger partial charge is 0.311 e. The number of carbonyl (C=O) groups is 2. The van der Waals surface area contributed by atoms with Crippen molar-refractivity contribution in [1.29, 1.82) is 0 Å². The van der Waals surface area contributed by atoms with Crippen LogP contribution in [0.4, 0.5) is 4.39 Å². The van der Waals surface area contributed by atoms with Gasteiger partial charge in [-0.3, -0.25) is 9.59 Å². The van der Waals surface area contributed by atoms with Crippen LogP contribution < -0.4 is 5.32 Å². The number of thiophene rings is 1. The average Bonchev–Trinajstić information content (AvgIpc) is 2.90. The van der Waals surface area contributed by atoms with Crippen molar-refractivity contribution in [3.8, 4) is 0 Å². The Morgan fingerprint density at radius 2 is 2.08 bits per heavy atom. The zero-order valence-electron chi connectivity index (χ0n) is 13.2. The molecule has 0 atom stereocenters. The molecular weight excluding hydrogens is 333 g/mol. The zero-order chi connectivity index (χ0) is 17.3. The summed E-state index contributed by atoms with van der Waals surface area (Å²) in [4.78, 5) is 24.6. The molecule has 3 rings (SSSR count). The lowest BCUT2D eigenvalue weighted by Gasteiger charge is -2.33. The molecule has 0 unspecified atom stereocenters. The number of nitrogens with one attached hydrogen (secondary N) is 1. The van der Waals surface area contributed by atoms with Crippen LogP contribution in [0.5, 0.6) is 0 Å². The minimum atomic E-state index is -0.982. The van der Waals surface area contributed by atoms with Gasteiger partial charge in [-0.2, -0.15) is 0 Å². The summed E-state index contributed by atoms with van der Waals surface area (Å²) in [6, 6.07) is 4.42. The SMILES string of the molecule is Cc1c(C(=O)NCC2(C(=O)O)CCOCC2)sc2ccc(F)cc12. The number of carboxylic acids is 1. The molecule has 1 aromatic heterocycles. The fraction of sp³-hybridized carbons (Fsp3) is 0.412. The molecular formula is C17H18FNO4S. The maximum absolute atomic E-state index is 13.4. The summed E-state index contributed by atoms with van der Waals surface area (Å²) in [5.74, 6) is -1.58. The summed E-state index contributed by atoms with van der Waals surface area (Å²) < 4.78 is 19.4. The van der Waals surface area contributed by atoms with E-state index in [2.05, 4.69) is 5.32 Å². The van der Waals surface area contributed by atoms with Crippen LogP contribution in [0.1, 0.15) is 28.1 Å². The van der Waals surface area contributed by atoms with Crippen molar-refractivity contribution in [2.75, 3.05) is 19.8 Å². The van der Waals surface area contributed by atoms with Crippen LogP contribution in [-0.2, 0) is 9.53 Å². The molecule has 0 spiro atoms. The van der Waals surface area contributed by atoms with Crippen molar-refractivity contribution in [3.63, 3.8) is 0 Å². The molecule has 2 N–H and O–H groups in total. The molecule has 1 aliphatic rings. The summed E-state index contributed by atoms with van der Waals surface area (Å²) in [6.07, 6.45) is 0.748. The van der Waals surface area contributed by atoms with Gasteiger partial charge in [-0.25, -0.2) is 4.39 Å². The van der Waals surface area contributed by atoms with Crippen LogP contribution >= 0.6 is 11.3 Å². The number of amides is 1. The highest BCUT2D eigenvalue weighted by atomic mass is 32.1. The highest BCUT2D eigenvalue weighted by Crippen LogP contribution is 2.33. The number of benzene rings is 1. The Kier molecular flexibility index (Phi) is 4.56. The molecule has 1 saturated heterocycles. The Labute approximate surface area is 142 Å². The van der Waals surface area contributed by atoms with Gasteiger partial charge in [-0.15, -0.1) is 11.3 Å². The highest BCUT2D eigenvalue weighted by Gasteiger charge is 2.40. The summed E-state index contributed by atoms with van der Waals surface area (Å²) in [6.45, 7) is 2.59. The van der Waals surface area contributed by atoms with Gasteiger partial charge in [-0.05, 0) is 48.9 Å². The Morgan fingerprint density at radius 3 is 2.75 bits per heavy atom. The van der Waals surface area contributed by atoms with Crippen LogP contribution in [0.15, 0.2) is 18.2 Å². The molecule has 0 bridgehead atoms. The number of hydrogen-bond donors (Lipinski definition) is 2. The van der Waals surface area contributed by atoms with E-state index in [9.17, 15) is 19.1 Å². The fourth-order valence-electron chi connectivity index (χ4n) is 2.97. The normalized spacial score (nSPS) is 16.9. The third-order valence-corrected chi connectivity index (χ3v) is 5.87. The third kappa shape index (κ3) is 3.01. The average molecular weight is 351 g/mol. The van der Waals surface area contributed by atoms with Gasteiger partial charge in [0.2, 0.25) is 0 Å². The second-order valence-corrected chi connectivity index (χ2v) is 7.13. The lowest BCUT2D eigenvalue weighted by Crippen LogP contribution is -2.46. The van der Waals surface area contributed by atoms with Gasteiger partial charge in [0.05, 0.1) is 10.3 Å². The molecule has 1 aliphatic heterocycles. The monoisotopic (exact) mass is 351 g/mol. The molecule has 0 aliphatic carbocycles. The molecule has 2 heterocycles. The Hall–Kier alpha value is -1.99. The van der Waals surface area contributed by atoms with Gasteiger partial charge in [0.15, 0.2) is 0 Å². The molecule has 24 heavy (non-hydrogen) atoms. The number of aryl methyl sites for hydroxylation is 1. The Morgan fingerprint density at radius 1 is 1.38 bits per heavy atom. The van der Waals surface area contributed by atoms with E-state index in [1.165, 1.54) is 23.5 Å². The second-order valence-electron chi connectivity index (χ2n) is 6.08. The van der Waals surface area contributed by atoms with Crippen molar-refractivity contribution in [2.45, 2.75) is 19.8 Å². The molecule has 1 aromatic carbocycles. The minimum Gasteiger partial charge on any atom is -0.481 e. The topological polar surface area (TPSA) is 75.6 Å². The number of rotatable bonds is 4. The number of hydrogen-bond acceptors (Lipinski definition) is 4. The number of ether oxygens (including phenoxy) is 1. The van der Waals surface area contributed by atoms with Crippen molar-refractivity contribution in [3.05, 3.63) is 34.5 Å². The van der Waals surface area contributed by atoms with E-state index in [1.807, 2.05) is 0 Å². The number of aliphatic carboxylic acids is 1. The van der Waals surface area contributed by atoms with Gasteiger partial charge in [0, 0.05) is 24.5 Å². The van der Waals surface area contributed by atoms with Gasteiger partial charge in [-0.1, -0.05) is 0 Å². The maximum atomic E-state index is 13.4. The van der Waals surface area contributed by atoms with Crippen molar-refractivity contribution < 1.29 is 23.8 Å². The molecule has 0 saturated carbocycles. The zero-order valence-corrected chi connectivity index (χ0v) is 14.0. The largest absolute Gasteiger partial charge is 0.481 e. The molecule has 5 nitrogen and oxygen atoms in total. The highest BCUT2D eigenvalue weighted by molar-refractivity contribution is 7.21. The van der Waals surface area contributed by atoms with E-state index in [0.29, 0.717) is 41.9 Å². The van der Waals surface area contributed by atoms with E-state index in [4.69, 9.17) is 4.74 Å². The van der Waals surface area contributed by atoms with E-state index in [-0.39, 0.29) is 18.3 Å². The van der Waals surface area contributed by atoms with E-state index >= 15 is 0 Å². The van der Waals surface area contributed by atoms with E-state index in [0.717, 1.165) is 4.70 Å². The number of carbonyl (C=O) groups excluding carboxylic acids is 1. The molecule has 128 valence electrons. The first-order chi connectivity index (χ1) is 11.4. The lowest BCUT2D eigenvalue weighted by atomic mass is 9.80. The number of carboxylic acid groups (broad SMARTS) is 1. The quantitative estimate of drug-likeness (QED) is 0.888. The van der Waals surface area contributed by atoms with E-state index in [1.54, 1.807) is 13.0 Å². The minimum absolute atomic E-state index is 0.0621. The number of halogens is 1. The molecule has 2 aromatic rings. The van der Waals surface area contributed by atoms with E-state index < -0.39 is 11.4 Å². The predicted molar refractivity (Wildman–Crippen MR) is 89.0 cm³/mol. The summed E-state index contributed by atoms with van der Waals surface area (Å²) in [5.41, 5.74) is -0.270. The van der Waals surface area contributed by atoms with Crippen LogP contribution in [0, 0.1) is 18.2 Å².